The van der Waals surface area contributed by atoms with Gasteiger partial charge in [0.1, 0.15) is 10.8 Å². The zero-order valence-corrected chi connectivity index (χ0v) is 15.4. The number of hydrogen-bond acceptors (Lipinski definition) is 7. The largest absolute Gasteiger partial charge is 0.497 e. The summed E-state index contributed by atoms with van der Waals surface area (Å²) in [6.07, 6.45) is 0. The lowest BCUT2D eigenvalue weighted by Crippen LogP contribution is -2.02. The lowest BCUT2D eigenvalue weighted by Gasteiger charge is -2.04. The number of Topliss-reactive ketones (excluding diaryl/α,β-unsaturated/α-hetero) is 1. The molecule has 1 aliphatic heterocycles. The molecule has 0 aliphatic carbocycles. The number of ether oxygens (including phenoxy) is 3. The second kappa shape index (κ2) is 7.67. The third-order valence-electron chi connectivity index (χ3n) is 4.07. The van der Waals surface area contributed by atoms with Crippen LogP contribution in [-0.4, -0.2) is 35.6 Å². The van der Waals surface area contributed by atoms with Gasteiger partial charge < -0.3 is 14.2 Å². The number of aromatic nitrogens is 2. The molecule has 4 rings (SSSR count). The van der Waals surface area contributed by atoms with Crippen LogP contribution in [0.1, 0.15) is 10.4 Å². The molecule has 0 atom stereocenters. The summed E-state index contributed by atoms with van der Waals surface area (Å²) >= 11 is 1.36. The molecular formula is C20H16N2O4S. The maximum atomic E-state index is 12.3. The Labute approximate surface area is 160 Å². The van der Waals surface area contributed by atoms with E-state index in [0.29, 0.717) is 22.1 Å². The summed E-state index contributed by atoms with van der Waals surface area (Å²) in [7, 11) is 1.60. The molecule has 136 valence electrons. The summed E-state index contributed by atoms with van der Waals surface area (Å²) in [5, 5.41) is 9.16. The fourth-order valence-corrected chi connectivity index (χ4v) is 3.32. The van der Waals surface area contributed by atoms with Crippen molar-refractivity contribution in [3.8, 4) is 28.5 Å². The number of ketones is 1. The van der Waals surface area contributed by atoms with Gasteiger partial charge in [-0.1, -0.05) is 11.8 Å². The maximum Gasteiger partial charge on any atom is 0.231 e. The van der Waals surface area contributed by atoms with Gasteiger partial charge in [0.05, 0.1) is 18.6 Å². The molecule has 1 aromatic heterocycles. The minimum Gasteiger partial charge on any atom is -0.497 e. The van der Waals surface area contributed by atoms with Gasteiger partial charge in [-0.15, -0.1) is 10.2 Å². The van der Waals surface area contributed by atoms with Gasteiger partial charge in [-0.05, 0) is 54.6 Å². The SMILES string of the molecule is COc1ccc(C(=O)CSc2ccc(-c3ccc4c(c3)OCO4)nn2)cc1. The first-order valence-corrected chi connectivity index (χ1v) is 9.25. The van der Waals surface area contributed by atoms with Gasteiger partial charge >= 0.3 is 0 Å². The van der Waals surface area contributed by atoms with Crippen molar-refractivity contribution in [1.29, 1.82) is 0 Å². The lowest BCUT2D eigenvalue weighted by molar-refractivity contribution is 0.102. The minimum absolute atomic E-state index is 0.0318. The molecular weight excluding hydrogens is 364 g/mol. The quantitative estimate of drug-likeness (QED) is 0.475. The van der Waals surface area contributed by atoms with E-state index in [1.807, 2.05) is 30.3 Å². The van der Waals surface area contributed by atoms with Gasteiger partial charge in [0.2, 0.25) is 6.79 Å². The molecule has 0 N–H and O–H groups in total. The highest BCUT2D eigenvalue weighted by Gasteiger charge is 2.14. The number of benzene rings is 2. The Kier molecular flexibility index (Phi) is 4.93. The van der Waals surface area contributed by atoms with E-state index < -0.39 is 0 Å². The average Bonchev–Trinajstić information content (AvgIpc) is 3.20. The average molecular weight is 380 g/mol. The van der Waals surface area contributed by atoms with E-state index in [1.54, 1.807) is 31.4 Å². The van der Waals surface area contributed by atoms with Crippen LogP contribution in [0.15, 0.2) is 59.6 Å². The van der Waals surface area contributed by atoms with E-state index in [0.717, 1.165) is 22.8 Å². The van der Waals surface area contributed by atoms with Crippen LogP contribution in [0.4, 0.5) is 0 Å². The minimum atomic E-state index is 0.0318. The molecule has 0 amide bonds. The number of nitrogens with zero attached hydrogens (tertiary/aromatic N) is 2. The van der Waals surface area contributed by atoms with Crippen molar-refractivity contribution in [3.05, 3.63) is 60.2 Å². The molecule has 0 saturated heterocycles. The molecule has 27 heavy (non-hydrogen) atoms. The van der Waals surface area contributed by atoms with Crippen LogP contribution in [0.2, 0.25) is 0 Å². The molecule has 2 aromatic carbocycles. The summed E-state index contributed by atoms with van der Waals surface area (Å²) in [5.74, 6) is 2.49. The van der Waals surface area contributed by atoms with Gasteiger partial charge in [-0.3, -0.25) is 4.79 Å². The third kappa shape index (κ3) is 3.88. The lowest BCUT2D eigenvalue weighted by atomic mass is 10.1. The number of carbonyl (C=O) groups is 1. The van der Waals surface area contributed by atoms with E-state index in [4.69, 9.17) is 14.2 Å². The number of hydrogen-bond donors (Lipinski definition) is 0. The Hall–Kier alpha value is -3.06. The van der Waals surface area contributed by atoms with Gasteiger partial charge in [-0.25, -0.2) is 0 Å². The fourth-order valence-electron chi connectivity index (χ4n) is 2.61. The first-order chi connectivity index (χ1) is 13.2. The van der Waals surface area contributed by atoms with Crippen LogP contribution >= 0.6 is 11.8 Å². The van der Waals surface area contributed by atoms with Gasteiger partial charge in [0.25, 0.3) is 0 Å². The Balaban J connectivity index is 1.39. The standard InChI is InChI=1S/C20H16N2O4S/c1-24-15-5-2-13(3-6-15)17(23)11-27-20-9-7-16(21-22-20)14-4-8-18-19(10-14)26-12-25-18/h2-10H,11-12H2,1H3. The molecule has 0 fully saturated rings. The highest BCUT2D eigenvalue weighted by molar-refractivity contribution is 7.99. The predicted octanol–water partition coefficient (Wildman–Crippen LogP) is 3.86. The molecule has 0 unspecified atom stereocenters. The van der Waals surface area contributed by atoms with Crippen LogP contribution in [0, 0.1) is 0 Å². The first-order valence-electron chi connectivity index (χ1n) is 8.27. The molecule has 0 bridgehead atoms. The molecule has 6 nitrogen and oxygen atoms in total. The van der Waals surface area contributed by atoms with Crippen molar-refractivity contribution in [2.24, 2.45) is 0 Å². The monoisotopic (exact) mass is 380 g/mol. The second-order valence-corrected chi connectivity index (χ2v) is 6.76. The van der Waals surface area contributed by atoms with E-state index in [1.165, 1.54) is 11.8 Å². The summed E-state index contributed by atoms with van der Waals surface area (Å²) in [6.45, 7) is 0.238. The summed E-state index contributed by atoms with van der Waals surface area (Å²) in [5.41, 5.74) is 2.28. The van der Waals surface area contributed by atoms with Crippen LogP contribution in [0.3, 0.4) is 0 Å². The second-order valence-electron chi connectivity index (χ2n) is 5.77. The molecule has 0 radical (unpaired) electrons. The third-order valence-corrected chi connectivity index (χ3v) is 4.99. The molecule has 2 heterocycles. The number of thioether (sulfide) groups is 1. The summed E-state index contributed by atoms with van der Waals surface area (Å²) < 4.78 is 15.8. The summed E-state index contributed by atoms with van der Waals surface area (Å²) in [4.78, 5) is 12.3. The Morgan fingerprint density at radius 1 is 1.04 bits per heavy atom. The van der Waals surface area contributed by atoms with Crippen molar-refractivity contribution in [1.82, 2.24) is 10.2 Å². The van der Waals surface area contributed by atoms with Crippen molar-refractivity contribution in [3.63, 3.8) is 0 Å². The first kappa shape index (κ1) is 17.4. The van der Waals surface area contributed by atoms with E-state index in [2.05, 4.69) is 10.2 Å². The van der Waals surface area contributed by atoms with Gasteiger partial charge in [0.15, 0.2) is 17.3 Å². The molecule has 7 heteroatoms. The number of fused-ring (bicyclic) bond motifs is 1. The molecule has 3 aromatic rings. The zero-order chi connectivity index (χ0) is 18.6. The predicted molar refractivity (Wildman–Crippen MR) is 102 cm³/mol. The zero-order valence-electron chi connectivity index (χ0n) is 14.5. The van der Waals surface area contributed by atoms with E-state index >= 15 is 0 Å². The van der Waals surface area contributed by atoms with E-state index in [-0.39, 0.29) is 12.6 Å². The normalized spacial score (nSPS) is 12.0. The molecule has 0 spiro atoms. The van der Waals surface area contributed by atoms with E-state index in [9.17, 15) is 4.79 Å². The Morgan fingerprint density at radius 3 is 2.59 bits per heavy atom. The van der Waals surface area contributed by atoms with Crippen LogP contribution in [-0.2, 0) is 0 Å². The van der Waals surface area contributed by atoms with Gasteiger partial charge in [0, 0.05) is 11.1 Å². The van der Waals surface area contributed by atoms with Crippen LogP contribution in [0.25, 0.3) is 11.3 Å². The van der Waals surface area contributed by atoms with Crippen LogP contribution < -0.4 is 14.2 Å². The number of carbonyl (C=O) groups excluding carboxylic acids is 1. The van der Waals surface area contributed by atoms with Crippen molar-refractivity contribution in [2.45, 2.75) is 5.03 Å². The Morgan fingerprint density at radius 2 is 1.85 bits per heavy atom. The highest BCUT2D eigenvalue weighted by Crippen LogP contribution is 2.35. The Bertz CT molecular complexity index is 959. The van der Waals surface area contributed by atoms with Crippen molar-refractivity contribution in [2.75, 3.05) is 19.7 Å². The number of rotatable bonds is 6. The number of methoxy groups -OCH3 is 1. The topological polar surface area (TPSA) is 70.5 Å². The maximum absolute atomic E-state index is 12.3. The summed E-state index contributed by atoms with van der Waals surface area (Å²) in [6, 6.07) is 16.5. The smallest absolute Gasteiger partial charge is 0.231 e. The van der Waals surface area contributed by atoms with Crippen molar-refractivity contribution >= 4 is 17.5 Å². The highest BCUT2D eigenvalue weighted by atomic mass is 32.2. The van der Waals surface area contributed by atoms with Gasteiger partial charge in [-0.2, -0.15) is 0 Å². The fraction of sp³-hybridized carbons (Fsp3) is 0.150. The molecule has 1 aliphatic rings. The van der Waals surface area contributed by atoms with Crippen LogP contribution in [0.5, 0.6) is 17.2 Å². The molecule has 0 saturated carbocycles. The van der Waals surface area contributed by atoms with Crippen molar-refractivity contribution < 1.29 is 19.0 Å².